The van der Waals surface area contributed by atoms with Crippen molar-refractivity contribution in [1.29, 1.82) is 0 Å². The lowest BCUT2D eigenvalue weighted by atomic mass is 9.99. The van der Waals surface area contributed by atoms with Crippen LogP contribution in [0.4, 0.5) is 14.6 Å². The van der Waals surface area contributed by atoms with Crippen molar-refractivity contribution in [1.82, 2.24) is 20.0 Å². The first-order valence-electron chi connectivity index (χ1n) is 8.54. The van der Waals surface area contributed by atoms with E-state index < -0.39 is 12.2 Å². The van der Waals surface area contributed by atoms with Crippen LogP contribution in [0.2, 0.25) is 0 Å². The Hall–Kier alpha value is -2.58. The number of carbonyl (C=O) groups is 1. The van der Waals surface area contributed by atoms with Gasteiger partial charge in [0, 0.05) is 31.9 Å². The number of hydrogen-bond donors (Lipinski definition) is 0. The summed E-state index contributed by atoms with van der Waals surface area (Å²) in [5.41, 5.74) is 0.491. The van der Waals surface area contributed by atoms with E-state index in [9.17, 15) is 13.6 Å². The predicted octanol–water partition coefficient (Wildman–Crippen LogP) is 2.88. The van der Waals surface area contributed by atoms with Gasteiger partial charge in [0.05, 0.1) is 11.5 Å². The Morgan fingerprint density at radius 1 is 1.38 bits per heavy atom. The molecule has 2 aromatic heterocycles. The Bertz CT molecular complexity index is 757. The summed E-state index contributed by atoms with van der Waals surface area (Å²) in [5.74, 6) is -0.00124. The molecule has 26 heavy (non-hydrogen) atoms. The van der Waals surface area contributed by atoms with Gasteiger partial charge in [0.25, 0.3) is 5.91 Å². The number of amides is 1. The fraction of sp³-hybridized carbons (Fsp3) is 0.529. The largest absolute Gasteiger partial charge is 0.354 e. The average Bonchev–Trinajstić information content (AvgIpc) is 3.04. The fourth-order valence-electron chi connectivity index (χ4n) is 2.96. The number of nitrogens with zero attached hydrogens (tertiary/aromatic N) is 5. The van der Waals surface area contributed by atoms with E-state index in [0.29, 0.717) is 24.7 Å². The van der Waals surface area contributed by atoms with Crippen molar-refractivity contribution in [2.75, 3.05) is 24.5 Å². The van der Waals surface area contributed by atoms with Gasteiger partial charge in [-0.05, 0) is 32.9 Å². The molecule has 0 unspecified atom stereocenters. The van der Waals surface area contributed by atoms with Crippen LogP contribution in [-0.2, 0) is 0 Å². The van der Waals surface area contributed by atoms with Crippen LogP contribution < -0.4 is 4.90 Å². The highest BCUT2D eigenvalue weighted by molar-refractivity contribution is 5.94. The number of alkyl halides is 2. The van der Waals surface area contributed by atoms with Crippen LogP contribution in [0.15, 0.2) is 22.9 Å². The smallest absolute Gasteiger partial charge is 0.300 e. The highest BCUT2D eigenvalue weighted by atomic mass is 19.3. The number of anilines is 1. The summed E-state index contributed by atoms with van der Waals surface area (Å²) in [4.78, 5) is 24.3. The highest BCUT2D eigenvalue weighted by Gasteiger charge is 2.36. The minimum Gasteiger partial charge on any atom is -0.354 e. The first-order chi connectivity index (χ1) is 12.4. The zero-order valence-corrected chi connectivity index (χ0v) is 14.9. The van der Waals surface area contributed by atoms with Gasteiger partial charge in [-0.1, -0.05) is 5.16 Å². The molecule has 0 saturated carbocycles. The summed E-state index contributed by atoms with van der Waals surface area (Å²) in [6.07, 6.45) is -1.19. The molecule has 1 saturated heterocycles. The summed E-state index contributed by atoms with van der Waals surface area (Å²) in [6.45, 7) is 7.77. The maximum absolute atomic E-state index is 12.5. The summed E-state index contributed by atoms with van der Waals surface area (Å²) >= 11 is 0. The summed E-state index contributed by atoms with van der Waals surface area (Å²) in [6, 6.07) is 3.91. The first kappa shape index (κ1) is 18.2. The maximum Gasteiger partial charge on any atom is 0.300 e. The van der Waals surface area contributed by atoms with Gasteiger partial charge in [-0.15, -0.1) is 0 Å². The number of aromatic nitrogens is 3. The molecular formula is C17H21F2N5O2. The average molecular weight is 365 g/mol. The van der Waals surface area contributed by atoms with Crippen molar-refractivity contribution < 1.29 is 18.1 Å². The van der Waals surface area contributed by atoms with Crippen molar-refractivity contribution in [3.63, 3.8) is 0 Å². The van der Waals surface area contributed by atoms with Crippen LogP contribution >= 0.6 is 0 Å². The van der Waals surface area contributed by atoms with Crippen LogP contribution in [0.25, 0.3) is 0 Å². The van der Waals surface area contributed by atoms with E-state index in [-0.39, 0.29) is 17.7 Å². The molecule has 2 aromatic rings. The normalized spacial score (nSPS) is 14.8. The van der Waals surface area contributed by atoms with E-state index >= 15 is 0 Å². The molecule has 1 aliphatic heterocycles. The molecule has 0 N–H and O–H groups in total. The minimum absolute atomic E-state index is 0.147. The summed E-state index contributed by atoms with van der Waals surface area (Å²) < 4.78 is 29.8. The van der Waals surface area contributed by atoms with Gasteiger partial charge < -0.3 is 14.3 Å². The number of carbonyl (C=O) groups excluding carboxylic acids is 1. The van der Waals surface area contributed by atoms with Crippen LogP contribution in [0, 0.1) is 0 Å². The van der Waals surface area contributed by atoms with Crippen molar-refractivity contribution in [2.24, 2.45) is 0 Å². The Kier molecular flexibility index (Phi) is 5.15. The summed E-state index contributed by atoms with van der Waals surface area (Å²) in [7, 11) is 0. The molecule has 0 bridgehead atoms. The van der Waals surface area contributed by atoms with Gasteiger partial charge in [-0.2, -0.15) is 4.98 Å². The first-order valence-corrected chi connectivity index (χ1v) is 8.54. The Morgan fingerprint density at radius 2 is 2.12 bits per heavy atom. The second-order valence-electron chi connectivity index (χ2n) is 6.48. The van der Waals surface area contributed by atoms with Crippen LogP contribution in [0.3, 0.4) is 0 Å². The summed E-state index contributed by atoms with van der Waals surface area (Å²) in [5, 5.41) is 3.24. The van der Waals surface area contributed by atoms with E-state index in [0.717, 1.165) is 12.4 Å². The highest BCUT2D eigenvalue weighted by Crippen LogP contribution is 2.28. The van der Waals surface area contributed by atoms with Gasteiger partial charge in [0.15, 0.2) is 0 Å². The van der Waals surface area contributed by atoms with E-state index in [2.05, 4.69) is 40.8 Å². The standard InChI is InChI=1S/C17H21F2N5O2/c1-4-24(10(2)3)13-6-5-11(7-20-13)17(25)23-8-12(9-23)16-21-15(14(18)19)22-26-16/h5-7,10,12,14H,4,8-9H2,1-3H3. The van der Waals surface area contributed by atoms with Crippen LogP contribution in [0.5, 0.6) is 0 Å². The number of rotatable bonds is 6. The van der Waals surface area contributed by atoms with E-state index in [1.165, 1.54) is 0 Å². The number of pyridine rings is 1. The van der Waals surface area contributed by atoms with E-state index in [4.69, 9.17) is 4.52 Å². The van der Waals surface area contributed by atoms with Gasteiger partial charge in [-0.25, -0.2) is 13.8 Å². The van der Waals surface area contributed by atoms with Crippen molar-refractivity contribution >= 4 is 11.7 Å². The van der Waals surface area contributed by atoms with Crippen LogP contribution in [0.1, 0.15) is 55.2 Å². The monoisotopic (exact) mass is 365 g/mol. The van der Waals surface area contributed by atoms with E-state index in [1.54, 1.807) is 17.2 Å². The van der Waals surface area contributed by atoms with Gasteiger partial charge in [0.2, 0.25) is 11.7 Å². The van der Waals surface area contributed by atoms with Crippen LogP contribution in [-0.4, -0.2) is 51.6 Å². The molecule has 0 radical (unpaired) electrons. The van der Waals surface area contributed by atoms with Gasteiger partial charge in [-0.3, -0.25) is 4.79 Å². The fourth-order valence-corrected chi connectivity index (χ4v) is 2.96. The Labute approximate surface area is 150 Å². The molecule has 1 amide bonds. The lowest BCUT2D eigenvalue weighted by Gasteiger charge is -2.37. The molecule has 0 atom stereocenters. The molecule has 140 valence electrons. The number of hydrogen-bond acceptors (Lipinski definition) is 6. The second kappa shape index (κ2) is 7.35. The SMILES string of the molecule is CCN(c1ccc(C(=O)N2CC(c3nc(C(F)F)no3)C2)cn1)C(C)C. The molecule has 3 rings (SSSR count). The molecular weight excluding hydrogens is 344 g/mol. The molecule has 7 nitrogen and oxygen atoms in total. The lowest BCUT2D eigenvalue weighted by Crippen LogP contribution is -2.48. The van der Waals surface area contributed by atoms with Crippen molar-refractivity contribution in [2.45, 2.75) is 39.2 Å². The number of likely N-dealkylation sites (tertiary alicyclic amines) is 1. The number of halogens is 2. The topological polar surface area (TPSA) is 75.4 Å². The lowest BCUT2D eigenvalue weighted by molar-refractivity contribution is 0.0569. The van der Waals surface area contributed by atoms with E-state index in [1.807, 2.05) is 6.07 Å². The van der Waals surface area contributed by atoms with Crippen molar-refractivity contribution in [3.8, 4) is 0 Å². The third-order valence-corrected chi connectivity index (χ3v) is 4.42. The Morgan fingerprint density at radius 3 is 2.62 bits per heavy atom. The molecule has 1 fully saturated rings. The molecule has 0 aromatic carbocycles. The molecule has 0 spiro atoms. The molecule has 3 heterocycles. The predicted molar refractivity (Wildman–Crippen MR) is 90.3 cm³/mol. The van der Waals surface area contributed by atoms with Gasteiger partial charge >= 0.3 is 6.43 Å². The quantitative estimate of drug-likeness (QED) is 0.784. The Balaban J connectivity index is 1.60. The zero-order chi connectivity index (χ0) is 18.8. The minimum atomic E-state index is -2.76. The third-order valence-electron chi connectivity index (χ3n) is 4.42. The molecule has 0 aliphatic carbocycles. The molecule has 1 aliphatic rings. The third kappa shape index (κ3) is 3.51. The molecule has 9 heteroatoms. The maximum atomic E-state index is 12.5. The second-order valence-corrected chi connectivity index (χ2v) is 6.48. The van der Waals surface area contributed by atoms with Gasteiger partial charge in [0.1, 0.15) is 5.82 Å². The van der Waals surface area contributed by atoms with Crippen molar-refractivity contribution in [3.05, 3.63) is 35.6 Å². The zero-order valence-electron chi connectivity index (χ0n) is 14.9.